The van der Waals surface area contributed by atoms with E-state index in [1.807, 2.05) is 33.3 Å². The molecule has 0 aliphatic carbocycles. The molecule has 0 spiro atoms. The lowest BCUT2D eigenvalue weighted by Crippen LogP contribution is -2.47. The largest absolute Gasteiger partial charge is 0.756 e. The van der Waals surface area contributed by atoms with Crippen LogP contribution in [0, 0.1) is 0 Å². The summed E-state index contributed by atoms with van der Waals surface area (Å²) in [5.74, 6) is -0.542. The Bertz CT molecular complexity index is 1620. The molecule has 81 heavy (non-hydrogen) atoms. The highest BCUT2D eigenvalue weighted by atomic mass is 31.2. The molecular formula is C71H131N2O7P. The van der Waals surface area contributed by atoms with Gasteiger partial charge in [-0.2, -0.15) is 0 Å². The molecule has 3 unspecified atom stereocenters. The number of nitrogens with zero attached hydrogens (tertiary/aromatic N) is 1. The second-order valence-corrected chi connectivity index (χ2v) is 25.7. The Morgan fingerprint density at radius 2 is 0.753 bits per heavy atom. The summed E-state index contributed by atoms with van der Waals surface area (Å²) in [5.41, 5.74) is 0. The predicted octanol–water partition coefficient (Wildman–Crippen LogP) is 20.9. The monoisotopic (exact) mass is 1150 g/mol. The summed E-state index contributed by atoms with van der Waals surface area (Å²) in [7, 11) is 1.18. The highest BCUT2D eigenvalue weighted by Crippen LogP contribution is 2.38. The van der Waals surface area contributed by atoms with E-state index in [-0.39, 0.29) is 24.9 Å². The van der Waals surface area contributed by atoms with Crippen LogP contribution in [0.4, 0.5) is 0 Å². The number of hydrogen-bond donors (Lipinski definition) is 1. The summed E-state index contributed by atoms with van der Waals surface area (Å²) in [6.45, 7) is 6.82. The van der Waals surface area contributed by atoms with Crippen molar-refractivity contribution in [3.63, 3.8) is 0 Å². The number of phosphoric acid groups is 1. The first-order valence-corrected chi connectivity index (χ1v) is 35.7. The summed E-state index contributed by atoms with van der Waals surface area (Å²) in [6, 6.07) is -0.894. The molecule has 0 heterocycles. The van der Waals surface area contributed by atoms with E-state index in [0.717, 1.165) is 96.3 Å². The van der Waals surface area contributed by atoms with Gasteiger partial charge in [0.25, 0.3) is 7.82 Å². The fraction of sp³-hybridized carbons (Fsp3) is 0.803. The van der Waals surface area contributed by atoms with Crippen LogP contribution < -0.4 is 10.2 Å². The summed E-state index contributed by atoms with van der Waals surface area (Å²) < 4.78 is 30.4. The number of nitrogens with one attached hydrogen (secondary N) is 1. The van der Waals surface area contributed by atoms with E-state index in [2.05, 4.69) is 86.8 Å². The summed E-state index contributed by atoms with van der Waals surface area (Å²) >= 11 is 0. The Labute approximate surface area is 502 Å². The van der Waals surface area contributed by atoms with Crippen LogP contribution >= 0.6 is 7.82 Å². The molecule has 1 N–H and O–H groups in total. The van der Waals surface area contributed by atoms with E-state index in [1.54, 1.807) is 0 Å². The zero-order chi connectivity index (χ0) is 59.3. The van der Waals surface area contributed by atoms with E-state index < -0.39 is 26.6 Å². The van der Waals surface area contributed by atoms with Crippen molar-refractivity contribution in [2.75, 3.05) is 40.9 Å². The van der Waals surface area contributed by atoms with Gasteiger partial charge in [-0.05, 0) is 102 Å². The van der Waals surface area contributed by atoms with Crippen molar-refractivity contribution in [2.45, 2.75) is 328 Å². The van der Waals surface area contributed by atoms with Gasteiger partial charge in [-0.1, -0.05) is 274 Å². The predicted molar refractivity (Wildman–Crippen MR) is 348 cm³/mol. The molecule has 3 atom stereocenters. The summed E-state index contributed by atoms with van der Waals surface area (Å²) in [5, 5.41) is 3.04. The zero-order valence-electron chi connectivity index (χ0n) is 54.0. The minimum absolute atomic E-state index is 0.0248. The Balaban J connectivity index is 5.09. The lowest BCUT2D eigenvalue weighted by Gasteiger charge is -2.30. The van der Waals surface area contributed by atoms with Crippen LogP contribution in [0.2, 0.25) is 0 Å². The second kappa shape index (κ2) is 60.6. The molecule has 0 bridgehead atoms. The molecule has 0 aliphatic heterocycles. The minimum Gasteiger partial charge on any atom is -0.756 e. The van der Waals surface area contributed by atoms with Gasteiger partial charge in [0.1, 0.15) is 19.3 Å². The average Bonchev–Trinajstić information content (AvgIpc) is 3.44. The Hall–Kier alpha value is -2.55. The van der Waals surface area contributed by atoms with E-state index >= 15 is 0 Å². The van der Waals surface area contributed by atoms with Crippen LogP contribution in [-0.2, 0) is 27.9 Å². The standard InChI is InChI=1S/C71H131N2O7P/c1-7-10-13-16-19-22-25-28-30-31-32-33-34-35-36-37-38-39-40-41-43-45-48-51-54-57-60-63-70(74)72-68(67-79-81(76,77)78-66-65-73(4,5)6)69(62-59-56-53-50-47-44-27-24-21-18-15-12-9-3)80-71(75)64-61-58-55-52-49-46-42-29-26-23-20-17-14-11-8-2/h19,22-23,26,28,30,32-33,35-36,59,62,68-69H,7-18,20-21,24-25,27,29,31,34,37-58,60-61,63-67H2,1-6H3,(H-,72,74,76,77)/b22-19-,26-23-,30-28-,33-32-,36-35-,62-59-. The van der Waals surface area contributed by atoms with E-state index in [9.17, 15) is 19.0 Å². The Kier molecular flexibility index (Phi) is 58.7. The molecule has 472 valence electrons. The number of rotatable bonds is 62. The highest BCUT2D eigenvalue weighted by Gasteiger charge is 2.27. The van der Waals surface area contributed by atoms with Crippen molar-refractivity contribution in [1.29, 1.82) is 0 Å². The van der Waals surface area contributed by atoms with Gasteiger partial charge < -0.3 is 28.5 Å². The molecule has 0 saturated carbocycles. The Morgan fingerprint density at radius 1 is 0.432 bits per heavy atom. The lowest BCUT2D eigenvalue weighted by atomic mass is 10.0. The van der Waals surface area contributed by atoms with Crippen LogP contribution in [0.1, 0.15) is 316 Å². The fourth-order valence-electron chi connectivity index (χ4n) is 9.80. The molecule has 0 rings (SSSR count). The normalized spacial score (nSPS) is 14.0. The van der Waals surface area contributed by atoms with E-state index in [4.69, 9.17) is 13.8 Å². The van der Waals surface area contributed by atoms with Gasteiger partial charge in [0.15, 0.2) is 0 Å². The van der Waals surface area contributed by atoms with Crippen molar-refractivity contribution in [2.24, 2.45) is 0 Å². The van der Waals surface area contributed by atoms with Gasteiger partial charge in [0.05, 0.1) is 33.8 Å². The van der Waals surface area contributed by atoms with Gasteiger partial charge in [-0.25, -0.2) is 0 Å². The number of ether oxygens (including phenoxy) is 1. The third-order valence-corrected chi connectivity index (χ3v) is 16.1. The number of esters is 1. The fourth-order valence-corrected chi connectivity index (χ4v) is 10.5. The molecule has 0 aromatic rings. The van der Waals surface area contributed by atoms with Crippen molar-refractivity contribution in [1.82, 2.24) is 5.32 Å². The third kappa shape index (κ3) is 61.8. The van der Waals surface area contributed by atoms with E-state index in [1.165, 1.54) is 186 Å². The number of phosphoric ester groups is 1. The quantitative estimate of drug-likeness (QED) is 0.0212. The number of carbonyl (C=O) groups excluding carboxylic acids is 2. The van der Waals surface area contributed by atoms with Crippen LogP contribution in [-0.4, -0.2) is 69.4 Å². The highest BCUT2D eigenvalue weighted by molar-refractivity contribution is 7.45. The van der Waals surface area contributed by atoms with Crippen molar-refractivity contribution >= 4 is 19.7 Å². The number of hydrogen-bond acceptors (Lipinski definition) is 7. The third-order valence-electron chi connectivity index (χ3n) is 15.1. The SMILES string of the molecule is CCCCC/C=C\C/C=C\C/C=C\C/C=C\CCCCCCCCCCCCCC(=O)NC(COP(=O)([O-])OCC[N+](C)(C)C)C(/C=C\CCCCCCCCCCCCC)OC(=O)CCCCCCCCC/C=C\CCCCCC. The molecule has 0 saturated heterocycles. The molecular weight excluding hydrogens is 1020 g/mol. The number of quaternary nitrogens is 1. The van der Waals surface area contributed by atoms with Gasteiger partial charge >= 0.3 is 5.97 Å². The number of unbranched alkanes of at least 4 members (excludes halogenated alkanes) is 36. The number of amides is 1. The Morgan fingerprint density at radius 3 is 1.17 bits per heavy atom. The molecule has 0 fully saturated rings. The van der Waals surface area contributed by atoms with Gasteiger partial charge in [-0.15, -0.1) is 0 Å². The maximum atomic E-state index is 13.6. The van der Waals surface area contributed by atoms with E-state index in [0.29, 0.717) is 17.4 Å². The van der Waals surface area contributed by atoms with Gasteiger partial charge in [0, 0.05) is 12.8 Å². The van der Waals surface area contributed by atoms with Gasteiger partial charge in [0.2, 0.25) is 5.91 Å². The molecule has 9 nitrogen and oxygen atoms in total. The maximum Gasteiger partial charge on any atom is 0.306 e. The second-order valence-electron chi connectivity index (χ2n) is 24.3. The number of allylic oxidation sites excluding steroid dienone is 11. The molecule has 0 aromatic heterocycles. The molecule has 0 aromatic carbocycles. The van der Waals surface area contributed by atoms with Crippen LogP contribution in [0.3, 0.4) is 0 Å². The first-order valence-electron chi connectivity index (χ1n) is 34.2. The lowest BCUT2D eigenvalue weighted by molar-refractivity contribution is -0.870. The number of carbonyl (C=O) groups is 2. The first kappa shape index (κ1) is 78.5. The van der Waals surface area contributed by atoms with Crippen molar-refractivity contribution in [3.05, 3.63) is 72.9 Å². The zero-order valence-corrected chi connectivity index (χ0v) is 54.9. The number of likely N-dealkylation sites (N-methyl/N-ethyl adjacent to an activating group) is 1. The summed E-state index contributed by atoms with van der Waals surface area (Å²) in [4.78, 5) is 40.1. The van der Waals surface area contributed by atoms with Crippen molar-refractivity contribution in [3.8, 4) is 0 Å². The van der Waals surface area contributed by atoms with Gasteiger partial charge in [-0.3, -0.25) is 14.2 Å². The van der Waals surface area contributed by atoms with Crippen LogP contribution in [0.5, 0.6) is 0 Å². The minimum atomic E-state index is -4.71. The summed E-state index contributed by atoms with van der Waals surface area (Å²) in [6.07, 6.45) is 78.7. The maximum absolute atomic E-state index is 13.6. The molecule has 10 heteroatoms. The topological polar surface area (TPSA) is 114 Å². The van der Waals surface area contributed by atoms with Crippen LogP contribution in [0.15, 0.2) is 72.9 Å². The molecule has 0 radical (unpaired) electrons. The van der Waals surface area contributed by atoms with Crippen LogP contribution in [0.25, 0.3) is 0 Å². The van der Waals surface area contributed by atoms with Crippen molar-refractivity contribution < 1.29 is 37.3 Å². The first-order chi connectivity index (χ1) is 39.4. The molecule has 0 aliphatic rings. The average molecular weight is 1160 g/mol. The molecule has 1 amide bonds. The smallest absolute Gasteiger partial charge is 0.306 e.